The normalized spacial score (nSPS) is 20.5. The van der Waals surface area contributed by atoms with Crippen molar-refractivity contribution >= 4 is 29.4 Å². The Hall–Kier alpha value is -2.13. The van der Waals surface area contributed by atoms with Crippen molar-refractivity contribution in [1.82, 2.24) is 9.80 Å². The van der Waals surface area contributed by atoms with Gasteiger partial charge in [-0.15, -0.1) is 6.42 Å². The molecule has 126 valence electrons. The maximum atomic E-state index is 12.7. The van der Waals surface area contributed by atoms with Gasteiger partial charge in [0.05, 0.1) is 0 Å². The summed E-state index contributed by atoms with van der Waals surface area (Å²) < 4.78 is 0. The van der Waals surface area contributed by atoms with E-state index in [9.17, 15) is 9.59 Å². The molecule has 2 aliphatic rings. The van der Waals surface area contributed by atoms with E-state index >= 15 is 0 Å². The van der Waals surface area contributed by atoms with E-state index in [-0.39, 0.29) is 18.0 Å². The van der Waals surface area contributed by atoms with E-state index in [0.29, 0.717) is 17.8 Å². The maximum Gasteiger partial charge on any atom is 0.322 e. The van der Waals surface area contributed by atoms with Gasteiger partial charge in [0.25, 0.3) is 0 Å². The van der Waals surface area contributed by atoms with Crippen molar-refractivity contribution in [1.29, 1.82) is 0 Å². The minimum absolute atomic E-state index is 0.0836. The number of thioether (sulfide) groups is 1. The number of nitrogens with one attached hydrogen (secondary N) is 1. The third kappa shape index (κ3) is 3.68. The molecular weight excluding hydrogens is 322 g/mol. The van der Waals surface area contributed by atoms with E-state index in [2.05, 4.69) is 11.2 Å². The van der Waals surface area contributed by atoms with Crippen LogP contribution >= 0.6 is 11.8 Å². The van der Waals surface area contributed by atoms with Gasteiger partial charge >= 0.3 is 6.03 Å². The predicted octanol–water partition coefficient (Wildman–Crippen LogP) is 2.24. The average Bonchev–Trinajstić information content (AvgIpc) is 3.12. The highest BCUT2D eigenvalue weighted by Gasteiger charge is 2.36. The molecule has 2 saturated heterocycles. The van der Waals surface area contributed by atoms with Crippen LogP contribution in [0.15, 0.2) is 24.3 Å². The second-order valence-corrected chi connectivity index (χ2v) is 7.17. The lowest BCUT2D eigenvalue weighted by atomic mass is 10.2. The second-order valence-electron chi connectivity index (χ2n) is 5.94. The SMILES string of the molecule is C#Cc1cccc(NC(=O)N2CCCC2C(=O)N2CCSCC2)c1. The molecule has 6 heteroatoms. The van der Waals surface area contributed by atoms with Gasteiger partial charge in [-0.3, -0.25) is 4.79 Å². The molecule has 0 aromatic heterocycles. The Morgan fingerprint density at radius 1 is 1.25 bits per heavy atom. The molecule has 2 fully saturated rings. The zero-order chi connectivity index (χ0) is 16.9. The van der Waals surface area contributed by atoms with Gasteiger partial charge in [-0.05, 0) is 31.0 Å². The minimum Gasteiger partial charge on any atom is -0.339 e. The summed E-state index contributed by atoms with van der Waals surface area (Å²) in [4.78, 5) is 28.9. The topological polar surface area (TPSA) is 52.7 Å². The Morgan fingerprint density at radius 2 is 2.04 bits per heavy atom. The van der Waals surface area contributed by atoms with Gasteiger partial charge < -0.3 is 15.1 Å². The van der Waals surface area contributed by atoms with Gasteiger partial charge in [-0.2, -0.15) is 11.8 Å². The zero-order valence-corrected chi connectivity index (χ0v) is 14.3. The van der Waals surface area contributed by atoms with Crippen molar-refractivity contribution in [3.05, 3.63) is 29.8 Å². The third-order valence-electron chi connectivity index (χ3n) is 4.40. The quantitative estimate of drug-likeness (QED) is 0.838. The summed E-state index contributed by atoms with van der Waals surface area (Å²) in [5, 5.41) is 2.86. The second kappa shape index (κ2) is 7.63. The molecule has 0 saturated carbocycles. The Bertz CT molecular complexity index is 664. The average molecular weight is 343 g/mol. The van der Waals surface area contributed by atoms with E-state index in [4.69, 9.17) is 6.42 Å². The number of terminal acetylenes is 1. The molecule has 1 unspecified atom stereocenters. The zero-order valence-electron chi connectivity index (χ0n) is 13.5. The van der Waals surface area contributed by atoms with Crippen LogP contribution < -0.4 is 5.32 Å². The molecule has 2 heterocycles. The van der Waals surface area contributed by atoms with Crippen LogP contribution in [-0.2, 0) is 4.79 Å². The molecule has 1 atom stereocenters. The molecule has 0 bridgehead atoms. The number of carbonyl (C=O) groups is 2. The summed E-state index contributed by atoms with van der Waals surface area (Å²) in [6, 6.07) is 6.60. The summed E-state index contributed by atoms with van der Waals surface area (Å²) in [6.45, 7) is 2.17. The molecule has 0 spiro atoms. The summed E-state index contributed by atoms with van der Waals surface area (Å²) in [6.07, 6.45) is 6.99. The van der Waals surface area contributed by atoms with Crippen LogP contribution in [-0.4, -0.2) is 58.9 Å². The first-order chi connectivity index (χ1) is 11.7. The van der Waals surface area contributed by atoms with Crippen LogP contribution in [0.4, 0.5) is 10.5 Å². The van der Waals surface area contributed by atoms with Crippen LogP contribution in [0.3, 0.4) is 0 Å². The Balaban J connectivity index is 1.66. The fourth-order valence-electron chi connectivity index (χ4n) is 3.14. The molecule has 0 aliphatic carbocycles. The largest absolute Gasteiger partial charge is 0.339 e. The number of hydrogen-bond donors (Lipinski definition) is 1. The Kier molecular flexibility index (Phi) is 5.31. The van der Waals surface area contributed by atoms with E-state index in [1.807, 2.05) is 28.8 Å². The van der Waals surface area contributed by atoms with Crippen molar-refractivity contribution in [2.24, 2.45) is 0 Å². The molecule has 2 aliphatic heterocycles. The molecular formula is C18H21N3O2S. The van der Waals surface area contributed by atoms with Gasteiger partial charge in [-0.25, -0.2) is 4.79 Å². The highest BCUT2D eigenvalue weighted by atomic mass is 32.2. The molecule has 1 aromatic rings. The number of anilines is 1. The molecule has 1 N–H and O–H groups in total. The van der Waals surface area contributed by atoms with Crippen LogP contribution in [0.5, 0.6) is 0 Å². The molecule has 3 rings (SSSR count). The number of hydrogen-bond acceptors (Lipinski definition) is 3. The number of amides is 3. The van der Waals surface area contributed by atoms with Crippen LogP contribution in [0.1, 0.15) is 18.4 Å². The van der Waals surface area contributed by atoms with Crippen molar-refractivity contribution in [3.63, 3.8) is 0 Å². The molecule has 0 radical (unpaired) electrons. The van der Waals surface area contributed by atoms with E-state index in [1.54, 1.807) is 17.0 Å². The first-order valence-corrected chi connectivity index (χ1v) is 9.35. The summed E-state index contributed by atoms with van der Waals surface area (Å²) >= 11 is 1.87. The third-order valence-corrected chi connectivity index (χ3v) is 5.34. The molecule has 3 amide bonds. The highest BCUT2D eigenvalue weighted by Crippen LogP contribution is 2.22. The number of benzene rings is 1. The number of nitrogens with zero attached hydrogens (tertiary/aromatic N) is 2. The number of rotatable bonds is 2. The lowest BCUT2D eigenvalue weighted by Crippen LogP contribution is -2.51. The number of carbonyl (C=O) groups excluding carboxylic acids is 2. The maximum absolute atomic E-state index is 12.7. The van der Waals surface area contributed by atoms with Gasteiger partial charge in [0.1, 0.15) is 6.04 Å². The lowest BCUT2D eigenvalue weighted by molar-refractivity contribution is -0.134. The molecule has 5 nitrogen and oxygen atoms in total. The number of likely N-dealkylation sites (tertiary alicyclic amines) is 1. The fraction of sp³-hybridized carbons (Fsp3) is 0.444. The number of urea groups is 1. The highest BCUT2D eigenvalue weighted by molar-refractivity contribution is 7.99. The van der Waals surface area contributed by atoms with Crippen molar-refractivity contribution < 1.29 is 9.59 Å². The Morgan fingerprint density at radius 3 is 2.79 bits per heavy atom. The summed E-state index contributed by atoms with van der Waals surface area (Å²) in [5.74, 6) is 4.59. The monoisotopic (exact) mass is 343 g/mol. The van der Waals surface area contributed by atoms with Crippen LogP contribution in [0.25, 0.3) is 0 Å². The van der Waals surface area contributed by atoms with Crippen LogP contribution in [0.2, 0.25) is 0 Å². The summed E-state index contributed by atoms with van der Waals surface area (Å²) in [5.41, 5.74) is 1.37. The first-order valence-electron chi connectivity index (χ1n) is 8.20. The van der Waals surface area contributed by atoms with Gasteiger partial charge in [0.15, 0.2) is 0 Å². The van der Waals surface area contributed by atoms with Gasteiger partial charge in [0.2, 0.25) is 5.91 Å². The first kappa shape index (κ1) is 16.7. The summed E-state index contributed by atoms with van der Waals surface area (Å²) in [7, 11) is 0. The van der Waals surface area contributed by atoms with E-state index in [0.717, 1.165) is 37.4 Å². The van der Waals surface area contributed by atoms with Crippen molar-refractivity contribution in [2.75, 3.05) is 36.5 Å². The predicted molar refractivity (Wildman–Crippen MR) is 97.0 cm³/mol. The smallest absolute Gasteiger partial charge is 0.322 e. The van der Waals surface area contributed by atoms with E-state index < -0.39 is 0 Å². The lowest BCUT2D eigenvalue weighted by Gasteiger charge is -2.32. The molecule has 1 aromatic carbocycles. The van der Waals surface area contributed by atoms with E-state index in [1.165, 1.54) is 0 Å². The molecule has 24 heavy (non-hydrogen) atoms. The Labute approximate surface area is 146 Å². The standard InChI is InChI=1S/C18H21N3O2S/c1-2-14-5-3-6-15(13-14)19-18(23)21-8-4-7-16(21)17(22)20-9-11-24-12-10-20/h1,3,5-6,13,16H,4,7-12H2,(H,19,23). The fourth-order valence-corrected chi connectivity index (χ4v) is 4.05. The van der Waals surface area contributed by atoms with Crippen molar-refractivity contribution in [2.45, 2.75) is 18.9 Å². The minimum atomic E-state index is -0.344. The van der Waals surface area contributed by atoms with Gasteiger partial charge in [-0.1, -0.05) is 12.0 Å². The van der Waals surface area contributed by atoms with Gasteiger partial charge in [0, 0.05) is 42.4 Å². The van der Waals surface area contributed by atoms with Crippen LogP contribution in [0, 0.1) is 12.3 Å². The van der Waals surface area contributed by atoms with Crippen molar-refractivity contribution in [3.8, 4) is 12.3 Å².